The first kappa shape index (κ1) is 12.5. The summed E-state index contributed by atoms with van der Waals surface area (Å²) in [6.07, 6.45) is 0. The van der Waals surface area contributed by atoms with Crippen molar-refractivity contribution in [3.8, 4) is 11.1 Å². The molecular weight excluding hydrogens is 282 g/mol. The number of rotatable bonds is 1. The fourth-order valence-corrected chi connectivity index (χ4v) is 2.77. The van der Waals surface area contributed by atoms with Crippen LogP contribution in [0.25, 0.3) is 21.9 Å². The minimum atomic E-state index is -0.246. The van der Waals surface area contributed by atoms with Crippen molar-refractivity contribution in [1.29, 1.82) is 0 Å². The van der Waals surface area contributed by atoms with Crippen LogP contribution in [0.15, 0.2) is 54.6 Å². The van der Waals surface area contributed by atoms with Gasteiger partial charge < -0.3 is 0 Å². The summed E-state index contributed by atoms with van der Waals surface area (Å²) in [5.41, 5.74) is 1.60. The Hall–Kier alpha value is -1.57. The Balaban J connectivity index is 2.36. The maximum Gasteiger partial charge on any atom is 0.131 e. The van der Waals surface area contributed by atoms with Gasteiger partial charge in [0.1, 0.15) is 5.82 Å². The molecule has 0 fully saturated rings. The summed E-state index contributed by atoms with van der Waals surface area (Å²) in [5, 5.41) is 2.52. The normalized spacial score (nSPS) is 10.9. The van der Waals surface area contributed by atoms with Crippen molar-refractivity contribution in [3.05, 3.63) is 70.5 Å². The van der Waals surface area contributed by atoms with Crippen molar-refractivity contribution >= 4 is 34.0 Å². The monoisotopic (exact) mass is 290 g/mol. The van der Waals surface area contributed by atoms with E-state index in [0.29, 0.717) is 15.4 Å². The van der Waals surface area contributed by atoms with Gasteiger partial charge in [-0.15, -0.1) is 0 Å². The summed E-state index contributed by atoms with van der Waals surface area (Å²) in [6, 6.07) is 15.9. The molecule has 0 N–H and O–H groups in total. The Bertz CT molecular complexity index is 740. The lowest BCUT2D eigenvalue weighted by Crippen LogP contribution is -1.85. The van der Waals surface area contributed by atoms with Crippen LogP contribution in [0.4, 0.5) is 4.39 Å². The lowest BCUT2D eigenvalue weighted by Gasteiger charge is -2.09. The molecule has 3 aromatic rings. The second kappa shape index (κ2) is 4.84. The lowest BCUT2D eigenvalue weighted by atomic mass is 9.98. The Morgan fingerprint density at radius 1 is 0.789 bits per heavy atom. The molecule has 0 bridgehead atoms. The van der Waals surface area contributed by atoms with Crippen LogP contribution in [0, 0.1) is 5.82 Å². The van der Waals surface area contributed by atoms with Crippen LogP contribution in [0.3, 0.4) is 0 Å². The van der Waals surface area contributed by atoms with Gasteiger partial charge >= 0.3 is 0 Å². The van der Waals surface area contributed by atoms with Crippen LogP contribution in [0.1, 0.15) is 0 Å². The smallest absolute Gasteiger partial charge is 0.131 e. The topological polar surface area (TPSA) is 0 Å². The highest BCUT2D eigenvalue weighted by molar-refractivity contribution is 6.35. The van der Waals surface area contributed by atoms with E-state index in [1.807, 2.05) is 24.3 Å². The maximum absolute atomic E-state index is 14.1. The molecule has 0 aliphatic rings. The van der Waals surface area contributed by atoms with E-state index in [4.69, 9.17) is 23.2 Å². The zero-order valence-corrected chi connectivity index (χ0v) is 11.3. The summed E-state index contributed by atoms with van der Waals surface area (Å²) in [7, 11) is 0. The van der Waals surface area contributed by atoms with Crippen LogP contribution in [0.2, 0.25) is 10.0 Å². The number of benzene rings is 3. The molecule has 0 spiro atoms. The molecule has 3 heteroatoms. The second-order valence-corrected chi connectivity index (χ2v) is 5.17. The molecule has 0 aromatic heterocycles. The quantitative estimate of drug-likeness (QED) is 0.519. The Morgan fingerprint density at radius 2 is 1.42 bits per heavy atom. The second-order valence-electron chi connectivity index (χ2n) is 4.30. The SMILES string of the molecule is Fc1cccc2cccc(-c3cc(Cl)cc(Cl)c3)c12. The predicted octanol–water partition coefficient (Wildman–Crippen LogP) is 5.95. The molecule has 0 heterocycles. The Morgan fingerprint density at radius 3 is 2.11 bits per heavy atom. The van der Waals surface area contributed by atoms with Crippen LogP contribution in [-0.4, -0.2) is 0 Å². The van der Waals surface area contributed by atoms with Crippen LogP contribution in [-0.2, 0) is 0 Å². The van der Waals surface area contributed by atoms with Gasteiger partial charge in [-0.2, -0.15) is 0 Å². The molecule has 3 aromatic carbocycles. The number of halogens is 3. The minimum Gasteiger partial charge on any atom is -0.206 e. The van der Waals surface area contributed by atoms with Crippen molar-refractivity contribution in [3.63, 3.8) is 0 Å². The molecule has 94 valence electrons. The van der Waals surface area contributed by atoms with Gasteiger partial charge in [0.05, 0.1) is 0 Å². The molecular formula is C16H9Cl2F. The first-order valence-electron chi connectivity index (χ1n) is 5.79. The molecule has 0 aliphatic heterocycles. The fraction of sp³-hybridized carbons (Fsp3) is 0. The van der Waals surface area contributed by atoms with Crippen molar-refractivity contribution in [1.82, 2.24) is 0 Å². The van der Waals surface area contributed by atoms with Crippen molar-refractivity contribution in [2.45, 2.75) is 0 Å². The van der Waals surface area contributed by atoms with Crippen LogP contribution < -0.4 is 0 Å². The van der Waals surface area contributed by atoms with Gasteiger partial charge in [0, 0.05) is 15.4 Å². The van der Waals surface area contributed by atoms with E-state index < -0.39 is 0 Å². The highest BCUT2D eigenvalue weighted by Crippen LogP contribution is 2.33. The van der Waals surface area contributed by atoms with E-state index in [-0.39, 0.29) is 5.82 Å². The van der Waals surface area contributed by atoms with Crippen LogP contribution in [0.5, 0.6) is 0 Å². The first-order valence-corrected chi connectivity index (χ1v) is 6.54. The molecule has 19 heavy (non-hydrogen) atoms. The van der Waals surface area contributed by atoms with Crippen molar-refractivity contribution in [2.75, 3.05) is 0 Å². The lowest BCUT2D eigenvalue weighted by molar-refractivity contribution is 0.640. The standard InChI is InChI=1S/C16H9Cl2F/c17-12-7-11(8-13(18)9-12)14-5-1-3-10-4-2-6-15(19)16(10)14/h1-9H. The van der Waals surface area contributed by atoms with Gasteiger partial charge in [-0.25, -0.2) is 4.39 Å². The number of fused-ring (bicyclic) bond motifs is 1. The molecule has 0 atom stereocenters. The van der Waals surface area contributed by atoms with Gasteiger partial charge in [-0.3, -0.25) is 0 Å². The van der Waals surface area contributed by atoms with Gasteiger partial charge in [-0.1, -0.05) is 53.5 Å². The summed E-state index contributed by atoms with van der Waals surface area (Å²) in [4.78, 5) is 0. The molecule has 0 amide bonds. The van der Waals surface area contributed by atoms with Crippen molar-refractivity contribution < 1.29 is 4.39 Å². The average Bonchev–Trinajstić information content (AvgIpc) is 2.37. The molecule has 0 aliphatic carbocycles. The molecule has 0 saturated heterocycles. The summed E-state index contributed by atoms with van der Waals surface area (Å²) in [6.45, 7) is 0. The number of hydrogen-bond acceptors (Lipinski definition) is 0. The van der Waals surface area contributed by atoms with E-state index in [1.54, 1.807) is 24.3 Å². The third-order valence-electron chi connectivity index (χ3n) is 3.03. The van der Waals surface area contributed by atoms with Crippen LogP contribution >= 0.6 is 23.2 Å². The van der Waals surface area contributed by atoms with E-state index in [2.05, 4.69) is 0 Å². The molecule has 0 nitrogen and oxygen atoms in total. The van der Waals surface area contributed by atoms with Gasteiger partial charge in [0.2, 0.25) is 0 Å². The zero-order valence-electron chi connectivity index (χ0n) is 9.83. The number of hydrogen-bond donors (Lipinski definition) is 0. The highest BCUT2D eigenvalue weighted by atomic mass is 35.5. The van der Waals surface area contributed by atoms with Gasteiger partial charge in [0.15, 0.2) is 0 Å². The van der Waals surface area contributed by atoms with E-state index >= 15 is 0 Å². The molecule has 3 rings (SSSR count). The van der Waals surface area contributed by atoms with E-state index in [0.717, 1.165) is 16.5 Å². The third kappa shape index (κ3) is 2.32. The third-order valence-corrected chi connectivity index (χ3v) is 3.46. The van der Waals surface area contributed by atoms with E-state index in [9.17, 15) is 4.39 Å². The van der Waals surface area contributed by atoms with Gasteiger partial charge in [-0.05, 0) is 40.8 Å². The largest absolute Gasteiger partial charge is 0.206 e. The first-order chi connectivity index (χ1) is 9.15. The Labute approximate surface area is 120 Å². The van der Waals surface area contributed by atoms with Crippen molar-refractivity contribution in [2.24, 2.45) is 0 Å². The summed E-state index contributed by atoms with van der Waals surface area (Å²) < 4.78 is 14.1. The Kier molecular flexibility index (Phi) is 3.17. The minimum absolute atomic E-state index is 0.246. The highest BCUT2D eigenvalue weighted by Gasteiger charge is 2.09. The average molecular weight is 291 g/mol. The molecule has 0 radical (unpaired) electrons. The van der Waals surface area contributed by atoms with E-state index in [1.165, 1.54) is 6.07 Å². The molecule has 0 saturated carbocycles. The summed E-state index contributed by atoms with van der Waals surface area (Å²) >= 11 is 12.0. The fourth-order valence-electron chi connectivity index (χ4n) is 2.25. The van der Waals surface area contributed by atoms with Gasteiger partial charge in [0.25, 0.3) is 0 Å². The summed E-state index contributed by atoms with van der Waals surface area (Å²) in [5.74, 6) is -0.246. The molecule has 0 unspecified atom stereocenters. The maximum atomic E-state index is 14.1. The predicted molar refractivity (Wildman–Crippen MR) is 79.4 cm³/mol. The zero-order chi connectivity index (χ0) is 13.4.